The molecule has 3 aromatic rings. The van der Waals surface area contributed by atoms with Crippen molar-refractivity contribution in [2.24, 2.45) is 11.8 Å². The van der Waals surface area contributed by atoms with Crippen molar-refractivity contribution < 1.29 is 9.53 Å². The lowest BCUT2D eigenvalue weighted by Gasteiger charge is -2.39. The number of fused-ring (bicyclic) bond motifs is 3. The number of hydrogen-bond acceptors (Lipinski definition) is 3. The molecule has 0 radical (unpaired) electrons. The highest BCUT2D eigenvalue weighted by Crippen LogP contribution is 2.48. The molecule has 0 atom stereocenters. The predicted molar refractivity (Wildman–Crippen MR) is 124 cm³/mol. The van der Waals surface area contributed by atoms with Crippen LogP contribution in [0.2, 0.25) is 0 Å². The molecule has 0 amide bonds. The zero-order valence-corrected chi connectivity index (χ0v) is 17.9. The molecule has 2 bridgehead atoms. The van der Waals surface area contributed by atoms with Gasteiger partial charge < -0.3 is 4.74 Å². The van der Waals surface area contributed by atoms with E-state index in [1.165, 1.54) is 68.4 Å². The lowest BCUT2D eigenvalue weighted by molar-refractivity contribution is -0.134. The first-order valence-corrected chi connectivity index (χ1v) is 11.3. The second-order valence-corrected chi connectivity index (χ2v) is 8.74. The number of H-pyrrole nitrogens is 1. The third kappa shape index (κ3) is 3.95. The van der Waals surface area contributed by atoms with Gasteiger partial charge >= 0.3 is 5.97 Å². The molecule has 2 aliphatic rings. The number of carbonyl (C=O) groups is 1. The Bertz CT molecular complexity index is 1130. The molecule has 31 heavy (non-hydrogen) atoms. The summed E-state index contributed by atoms with van der Waals surface area (Å²) in [6, 6.07) is 15.2. The molecule has 0 aliphatic heterocycles. The molecule has 2 fully saturated rings. The van der Waals surface area contributed by atoms with Crippen molar-refractivity contribution in [2.75, 3.05) is 7.11 Å². The van der Waals surface area contributed by atoms with Crippen LogP contribution >= 0.6 is 0 Å². The summed E-state index contributed by atoms with van der Waals surface area (Å²) in [5.74, 6) is 1.05. The van der Waals surface area contributed by atoms with Gasteiger partial charge in [0, 0.05) is 11.5 Å². The molecule has 2 saturated carbocycles. The summed E-state index contributed by atoms with van der Waals surface area (Å²) < 4.78 is 4.70. The second kappa shape index (κ2) is 8.54. The molecule has 2 aliphatic carbocycles. The van der Waals surface area contributed by atoms with Gasteiger partial charge in [-0.05, 0) is 78.0 Å². The third-order valence-electron chi connectivity index (χ3n) is 6.92. The van der Waals surface area contributed by atoms with E-state index in [4.69, 9.17) is 4.74 Å². The number of aromatic nitrogens is 2. The van der Waals surface area contributed by atoms with Crippen LogP contribution in [0.15, 0.2) is 60.3 Å². The van der Waals surface area contributed by atoms with Crippen molar-refractivity contribution in [3.05, 3.63) is 77.0 Å². The van der Waals surface area contributed by atoms with E-state index in [0.29, 0.717) is 11.8 Å². The number of aromatic amines is 1. The van der Waals surface area contributed by atoms with E-state index >= 15 is 0 Å². The fourth-order valence-corrected chi connectivity index (χ4v) is 5.46. The maximum atomic E-state index is 11.4. The number of carbonyl (C=O) groups excluding carboxylic acids is 1. The molecule has 4 heteroatoms. The lowest BCUT2D eigenvalue weighted by Crippen LogP contribution is -2.25. The predicted octanol–water partition coefficient (Wildman–Crippen LogP) is 6.15. The Morgan fingerprint density at radius 2 is 1.68 bits per heavy atom. The van der Waals surface area contributed by atoms with E-state index in [-0.39, 0.29) is 5.97 Å². The van der Waals surface area contributed by atoms with Crippen molar-refractivity contribution in [1.82, 2.24) is 10.2 Å². The molecular weight excluding hydrogens is 384 g/mol. The van der Waals surface area contributed by atoms with E-state index < -0.39 is 0 Å². The van der Waals surface area contributed by atoms with Crippen LogP contribution in [-0.2, 0) is 9.53 Å². The topological polar surface area (TPSA) is 55.0 Å². The van der Waals surface area contributed by atoms with Gasteiger partial charge in [-0.3, -0.25) is 5.10 Å². The SMILES string of the molecule is COC(=O)/C=C/c1ccc(C(=C2C3CCCC2CCC3)c2ccc3[nH]ncc3c2)cc1. The Balaban J connectivity index is 1.61. The highest BCUT2D eigenvalue weighted by Gasteiger charge is 2.34. The number of esters is 1. The minimum atomic E-state index is -0.338. The van der Waals surface area contributed by atoms with Crippen LogP contribution in [0.25, 0.3) is 22.6 Å². The molecule has 1 heterocycles. The maximum Gasteiger partial charge on any atom is 0.330 e. The normalized spacial score (nSPS) is 20.9. The van der Waals surface area contributed by atoms with Crippen LogP contribution in [0.5, 0.6) is 0 Å². The Kier molecular flexibility index (Phi) is 5.46. The van der Waals surface area contributed by atoms with Crippen molar-refractivity contribution in [1.29, 1.82) is 0 Å². The molecule has 1 aromatic heterocycles. The van der Waals surface area contributed by atoms with Crippen LogP contribution in [0.1, 0.15) is 55.2 Å². The quantitative estimate of drug-likeness (QED) is 0.413. The van der Waals surface area contributed by atoms with Crippen molar-refractivity contribution in [2.45, 2.75) is 38.5 Å². The van der Waals surface area contributed by atoms with Gasteiger partial charge in [0.25, 0.3) is 0 Å². The second-order valence-electron chi connectivity index (χ2n) is 8.74. The van der Waals surface area contributed by atoms with E-state index in [9.17, 15) is 4.79 Å². The minimum Gasteiger partial charge on any atom is -0.466 e. The average Bonchev–Trinajstić information content (AvgIpc) is 3.26. The van der Waals surface area contributed by atoms with Crippen LogP contribution in [-0.4, -0.2) is 23.3 Å². The molecule has 0 unspecified atom stereocenters. The zero-order valence-electron chi connectivity index (χ0n) is 17.9. The van der Waals surface area contributed by atoms with Crippen LogP contribution < -0.4 is 0 Å². The maximum absolute atomic E-state index is 11.4. The first kappa shape index (κ1) is 19.8. The summed E-state index contributed by atoms with van der Waals surface area (Å²) in [6.07, 6.45) is 13.1. The number of allylic oxidation sites excluding steroid dienone is 1. The monoisotopic (exact) mass is 412 g/mol. The Labute approximate surface area is 183 Å². The third-order valence-corrected chi connectivity index (χ3v) is 6.92. The van der Waals surface area contributed by atoms with Gasteiger partial charge in [0.2, 0.25) is 0 Å². The number of benzene rings is 2. The fourth-order valence-electron chi connectivity index (χ4n) is 5.46. The van der Waals surface area contributed by atoms with Gasteiger partial charge in [0.1, 0.15) is 0 Å². The van der Waals surface area contributed by atoms with Crippen molar-refractivity contribution in [3.63, 3.8) is 0 Å². The molecule has 5 rings (SSSR count). The number of nitrogens with zero attached hydrogens (tertiary/aromatic N) is 1. The van der Waals surface area contributed by atoms with E-state index in [1.54, 1.807) is 11.6 Å². The standard InChI is InChI=1S/C27H28N2O2/c1-31-25(30)15-10-18-8-11-21(12-9-18)27(22-13-14-24-23(16-22)17-28-29-24)26-19-4-2-5-20(26)7-3-6-19/h8-17,19-20H,2-7H2,1H3,(H,28,29)/b15-10+,27-26?. The highest BCUT2D eigenvalue weighted by atomic mass is 16.5. The largest absolute Gasteiger partial charge is 0.466 e. The van der Waals surface area contributed by atoms with Crippen LogP contribution in [0.3, 0.4) is 0 Å². The summed E-state index contributed by atoms with van der Waals surface area (Å²) in [5.41, 5.74) is 7.67. The average molecular weight is 413 g/mol. The summed E-state index contributed by atoms with van der Waals surface area (Å²) in [5, 5.41) is 8.43. The number of methoxy groups -OCH3 is 1. The molecular formula is C27H28N2O2. The summed E-state index contributed by atoms with van der Waals surface area (Å²) in [7, 11) is 1.39. The van der Waals surface area contributed by atoms with E-state index in [1.807, 2.05) is 6.20 Å². The summed E-state index contributed by atoms with van der Waals surface area (Å²) >= 11 is 0. The smallest absolute Gasteiger partial charge is 0.330 e. The zero-order chi connectivity index (χ0) is 21.2. The minimum absolute atomic E-state index is 0.338. The Morgan fingerprint density at radius 1 is 1.00 bits per heavy atom. The summed E-state index contributed by atoms with van der Waals surface area (Å²) in [4.78, 5) is 11.4. The van der Waals surface area contributed by atoms with Crippen molar-refractivity contribution in [3.8, 4) is 0 Å². The first-order valence-electron chi connectivity index (χ1n) is 11.3. The number of ether oxygens (including phenoxy) is 1. The lowest BCUT2D eigenvalue weighted by atomic mass is 9.65. The molecule has 2 aromatic carbocycles. The van der Waals surface area contributed by atoms with Crippen LogP contribution in [0.4, 0.5) is 0 Å². The Hall–Kier alpha value is -3.14. The van der Waals surface area contributed by atoms with E-state index in [0.717, 1.165) is 16.5 Å². The number of hydrogen-bond donors (Lipinski definition) is 1. The van der Waals surface area contributed by atoms with Gasteiger partial charge in [0.05, 0.1) is 18.8 Å². The van der Waals surface area contributed by atoms with Crippen LogP contribution in [0, 0.1) is 11.8 Å². The van der Waals surface area contributed by atoms with Gasteiger partial charge in [-0.2, -0.15) is 5.10 Å². The van der Waals surface area contributed by atoms with Gasteiger partial charge in [-0.25, -0.2) is 4.79 Å². The fraction of sp³-hybridized carbons (Fsp3) is 0.333. The first-order chi connectivity index (χ1) is 15.2. The molecule has 0 saturated heterocycles. The number of nitrogens with one attached hydrogen (secondary N) is 1. The summed E-state index contributed by atoms with van der Waals surface area (Å²) in [6.45, 7) is 0. The molecule has 4 nitrogen and oxygen atoms in total. The highest BCUT2D eigenvalue weighted by molar-refractivity contribution is 5.90. The van der Waals surface area contributed by atoms with Crippen molar-refractivity contribution >= 4 is 28.5 Å². The molecule has 1 N–H and O–H groups in total. The molecule has 158 valence electrons. The molecule has 0 spiro atoms. The number of rotatable bonds is 4. The Morgan fingerprint density at radius 3 is 2.35 bits per heavy atom. The van der Waals surface area contributed by atoms with Gasteiger partial charge in [0.15, 0.2) is 0 Å². The van der Waals surface area contributed by atoms with Gasteiger partial charge in [-0.15, -0.1) is 0 Å². The van der Waals surface area contributed by atoms with E-state index in [2.05, 4.69) is 52.7 Å². The van der Waals surface area contributed by atoms with Gasteiger partial charge in [-0.1, -0.05) is 48.7 Å².